The normalized spacial score (nSPS) is 11.0. The van der Waals surface area contributed by atoms with Gasteiger partial charge in [-0.15, -0.1) is 0 Å². The van der Waals surface area contributed by atoms with E-state index in [1.807, 2.05) is 36.6 Å². The molecule has 3 rings (SSSR count). The molecule has 0 unspecified atom stereocenters. The quantitative estimate of drug-likeness (QED) is 0.571. The van der Waals surface area contributed by atoms with Crippen molar-refractivity contribution in [3.8, 4) is 0 Å². The van der Waals surface area contributed by atoms with Gasteiger partial charge in [-0.1, -0.05) is 6.07 Å². The highest BCUT2D eigenvalue weighted by atomic mass is 16.6. The molecule has 7 heteroatoms. The Hall–Kier alpha value is -3.22. The molecule has 0 aliphatic carbocycles. The number of carbonyl (C=O) groups is 1. The Balaban J connectivity index is 2.11. The summed E-state index contributed by atoms with van der Waals surface area (Å²) in [5.74, 6) is -0.200. The van der Waals surface area contributed by atoms with Crippen molar-refractivity contribution in [3.05, 3.63) is 70.2 Å². The van der Waals surface area contributed by atoms with Crippen LogP contribution in [0.2, 0.25) is 0 Å². The fourth-order valence-electron chi connectivity index (χ4n) is 2.71. The third-order valence-corrected chi connectivity index (χ3v) is 3.80. The first-order valence-electron chi connectivity index (χ1n) is 7.94. The van der Waals surface area contributed by atoms with Crippen LogP contribution in [-0.2, 0) is 6.54 Å². The summed E-state index contributed by atoms with van der Waals surface area (Å²) in [6, 6.07) is 10.1. The molecule has 0 aliphatic rings. The van der Waals surface area contributed by atoms with Gasteiger partial charge in [0.15, 0.2) is 0 Å². The van der Waals surface area contributed by atoms with E-state index in [4.69, 9.17) is 0 Å². The minimum absolute atomic E-state index is 0.000242. The molecular formula is C18H18N4O3. The summed E-state index contributed by atoms with van der Waals surface area (Å²) in [5, 5.41) is 14.6. The van der Waals surface area contributed by atoms with Crippen molar-refractivity contribution in [1.29, 1.82) is 0 Å². The maximum atomic E-state index is 12.5. The van der Waals surface area contributed by atoms with Crippen LogP contribution in [0.15, 0.2) is 48.8 Å². The lowest BCUT2D eigenvalue weighted by molar-refractivity contribution is -0.384. The summed E-state index contributed by atoms with van der Waals surface area (Å²) in [7, 11) is 0. The van der Waals surface area contributed by atoms with Gasteiger partial charge in [0.05, 0.1) is 28.2 Å². The van der Waals surface area contributed by atoms with Gasteiger partial charge in [0.1, 0.15) is 0 Å². The smallest absolute Gasteiger partial charge is 0.271 e. The van der Waals surface area contributed by atoms with Gasteiger partial charge < -0.3 is 9.88 Å². The van der Waals surface area contributed by atoms with Crippen molar-refractivity contribution >= 4 is 22.5 Å². The topological polar surface area (TPSA) is 90.1 Å². The van der Waals surface area contributed by atoms with Gasteiger partial charge in [-0.3, -0.25) is 19.9 Å². The minimum Gasteiger partial charge on any atom is -0.350 e. The van der Waals surface area contributed by atoms with Crippen LogP contribution in [-0.4, -0.2) is 26.4 Å². The number of non-ortho nitro benzene ring substituents is 1. The molecule has 0 radical (unpaired) electrons. The van der Waals surface area contributed by atoms with Crippen LogP contribution in [0.1, 0.15) is 29.9 Å². The second kappa shape index (κ2) is 6.72. The Morgan fingerprint density at radius 2 is 2.12 bits per heavy atom. The highest BCUT2D eigenvalue weighted by molar-refractivity contribution is 6.07. The van der Waals surface area contributed by atoms with E-state index in [1.54, 1.807) is 18.5 Å². The molecule has 1 aromatic carbocycles. The minimum atomic E-state index is -0.439. The average Bonchev–Trinajstić information content (AvgIpc) is 2.93. The van der Waals surface area contributed by atoms with Crippen LogP contribution in [0, 0.1) is 10.1 Å². The van der Waals surface area contributed by atoms with Crippen molar-refractivity contribution in [2.45, 2.75) is 26.4 Å². The van der Waals surface area contributed by atoms with E-state index in [1.165, 1.54) is 12.1 Å². The van der Waals surface area contributed by atoms with Gasteiger partial charge in [0, 0.05) is 36.0 Å². The number of amides is 1. The van der Waals surface area contributed by atoms with Crippen molar-refractivity contribution in [2.75, 3.05) is 0 Å². The SMILES string of the molecule is CC(C)NC(=O)c1cn(Cc2ccccn2)c2cc([N+](=O)[O-])ccc12. The molecule has 0 bridgehead atoms. The van der Waals surface area contributed by atoms with E-state index in [2.05, 4.69) is 10.3 Å². The average molecular weight is 338 g/mol. The number of benzene rings is 1. The second-order valence-electron chi connectivity index (χ2n) is 6.08. The lowest BCUT2D eigenvalue weighted by Gasteiger charge is -2.06. The maximum Gasteiger partial charge on any atom is 0.271 e. The summed E-state index contributed by atoms with van der Waals surface area (Å²) in [6.07, 6.45) is 3.41. The Labute approximate surface area is 144 Å². The molecule has 1 amide bonds. The summed E-state index contributed by atoms with van der Waals surface area (Å²) < 4.78 is 1.82. The van der Waals surface area contributed by atoms with E-state index in [0.29, 0.717) is 23.0 Å². The Kier molecular flexibility index (Phi) is 4.47. The van der Waals surface area contributed by atoms with E-state index in [0.717, 1.165) is 5.69 Å². The third kappa shape index (κ3) is 3.50. The highest BCUT2D eigenvalue weighted by Gasteiger charge is 2.18. The van der Waals surface area contributed by atoms with Crippen molar-refractivity contribution in [2.24, 2.45) is 0 Å². The highest BCUT2D eigenvalue weighted by Crippen LogP contribution is 2.26. The Morgan fingerprint density at radius 1 is 1.32 bits per heavy atom. The standard InChI is InChI=1S/C18H18N4O3/c1-12(2)20-18(23)16-11-21(10-13-5-3-4-8-19-13)17-9-14(22(24)25)6-7-15(16)17/h3-9,11-12H,10H2,1-2H3,(H,20,23). The number of hydrogen-bond acceptors (Lipinski definition) is 4. The number of nitrogens with one attached hydrogen (secondary N) is 1. The molecule has 7 nitrogen and oxygen atoms in total. The molecule has 0 atom stereocenters. The number of nitro benzene ring substituents is 1. The first-order valence-corrected chi connectivity index (χ1v) is 7.94. The molecular weight excluding hydrogens is 320 g/mol. The molecule has 25 heavy (non-hydrogen) atoms. The number of hydrogen-bond donors (Lipinski definition) is 1. The largest absolute Gasteiger partial charge is 0.350 e. The Bertz CT molecular complexity index is 932. The van der Waals surface area contributed by atoms with Gasteiger partial charge >= 0.3 is 0 Å². The summed E-state index contributed by atoms with van der Waals surface area (Å²) in [6.45, 7) is 4.19. The third-order valence-electron chi connectivity index (χ3n) is 3.80. The van der Waals surface area contributed by atoms with Crippen LogP contribution in [0.5, 0.6) is 0 Å². The first-order chi connectivity index (χ1) is 12.0. The van der Waals surface area contributed by atoms with Gasteiger partial charge in [0.25, 0.3) is 11.6 Å². The van der Waals surface area contributed by atoms with E-state index >= 15 is 0 Å². The Morgan fingerprint density at radius 3 is 2.76 bits per heavy atom. The molecule has 128 valence electrons. The van der Waals surface area contributed by atoms with Gasteiger partial charge in [-0.2, -0.15) is 0 Å². The van der Waals surface area contributed by atoms with E-state index in [-0.39, 0.29) is 17.6 Å². The van der Waals surface area contributed by atoms with Crippen LogP contribution < -0.4 is 5.32 Å². The zero-order valence-electron chi connectivity index (χ0n) is 14.0. The number of fused-ring (bicyclic) bond motifs is 1. The molecule has 0 saturated carbocycles. The van der Waals surface area contributed by atoms with Crippen LogP contribution in [0.25, 0.3) is 10.9 Å². The molecule has 1 N–H and O–H groups in total. The van der Waals surface area contributed by atoms with Gasteiger partial charge in [-0.05, 0) is 32.0 Å². The molecule has 0 fully saturated rings. The molecule has 0 saturated heterocycles. The molecule has 2 aromatic heterocycles. The molecule has 0 spiro atoms. The molecule has 3 aromatic rings. The number of aromatic nitrogens is 2. The zero-order chi connectivity index (χ0) is 18.0. The van der Waals surface area contributed by atoms with Gasteiger partial charge in [-0.25, -0.2) is 0 Å². The number of carbonyl (C=O) groups excluding carboxylic acids is 1. The number of nitro groups is 1. The molecule has 0 aliphatic heterocycles. The predicted octanol–water partition coefficient (Wildman–Crippen LogP) is 3.13. The van der Waals surface area contributed by atoms with Gasteiger partial charge in [0.2, 0.25) is 0 Å². The second-order valence-corrected chi connectivity index (χ2v) is 6.08. The van der Waals surface area contributed by atoms with Crippen LogP contribution >= 0.6 is 0 Å². The lowest BCUT2D eigenvalue weighted by atomic mass is 10.1. The monoisotopic (exact) mass is 338 g/mol. The van der Waals surface area contributed by atoms with Crippen molar-refractivity contribution < 1.29 is 9.72 Å². The maximum absolute atomic E-state index is 12.5. The number of rotatable bonds is 5. The predicted molar refractivity (Wildman–Crippen MR) is 94.5 cm³/mol. The summed E-state index contributed by atoms with van der Waals surface area (Å²) in [5.41, 5.74) is 1.92. The fourth-order valence-corrected chi connectivity index (χ4v) is 2.71. The zero-order valence-corrected chi connectivity index (χ0v) is 14.0. The van der Waals surface area contributed by atoms with Crippen LogP contribution in [0.4, 0.5) is 5.69 Å². The van der Waals surface area contributed by atoms with Crippen molar-refractivity contribution in [1.82, 2.24) is 14.9 Å². The molecule has 2 heterocycles. The number of pyridine rings is 1. The number of nitrogens with zero attached hydrogens (tertiary/aromatic N) is 3. The summed E-state index contributed by atoms with van der Waals surface area (Å²) >= 11 is 0. The fraction of sp³-hybridized carbons (Fsp3) is 0.222. The van der Waals surface area contributed by atoms with Crippen molar-refractivity contribution in [3.63, 3.8) is 0 Å². The van der Waals surface area contributed by atoms with Crippen LogP contribution in [0.3, 0.4) is 0 Å². The first kappa shape index (κ1) is 16.6. The lowest BCUT2D eigenvalue weighted by Crippen LogP contribution is -2.29. The van der Waals surface area contributed by atoms with E-state index in [9.17, 15) is 14.9 Å². The summed E-state index contributed by atoms with van der Waals surface area (Å²) in [4.78, 5) is 27.4. The van der Waals surface area contributed by atoms with E-state index < -0.39 is 4.92 Å².